The summed E-state index contributed by atoms with van der Waals surface area (Å²) in [5.74, 6) is 0. The van der Waals surface area contributed by atoms with Crippen molar-refractivity contribution in [3.05, 3.63) is 57.7 Å². The zero-order valence-electron chi connectivity index (χ0n) is 16.5. The fourth-order valence-corrected chi connectivity index (χ4v) is 4.00. The Kier molecular flexibility index (Phi) is 5.77. The van der Waals surface area contributed by atoms with Crippen LogP contribution >= 0.6 is 0 Å². The van der Waals surface area contributed by atoms with Crippen molar-refractivity contribution in [2.24, 2.45) is 0 Å². The Labute approximate surface area is 156 Å². The normalized spacial score (nSPS) is 11.7. The number of benzene rings is 2. The van der Waals surface area contributed by atoms with Crippen LogP contribution in [0.4, 0.5) is 0 Å². The van der Waals surface area contributed by atoms with E-state index in [1.165, 1.54) is 12.0 Å². The quantitative estimate of drug-likeness (QED) is 0.447. The average Bonchev–Trinajstić information content (AvgIpc) is 2.63. The second-order valence-electron chi connectivity index (χ2n) is 7.21. The van der Waals surface area contributed by atoms with E-state index in [2.05, 4.69) is 55.4 Å². The Morgan fingerprint density at radius 1 is 0.962 bits per heavy atom. The van der Waals surface area contributed by atoms with Crippen LogP contribution in [0, 0.1) is 13.8 Å². The Morgan fingerprint density at radius 3 is 2.42 bits per heavy atom. The third-order valence-corrected chi connectivity index (χ3v) is 5.42. The van der Waals surface area contributed by atoms with E-state index in [0.29, 0.717) is 0 Å². The molecule has 0 unspecified atom stereocenters. The Balaban J connectivity index is 2.04. The predicted octanol–water partition coefficient (Wildman–Crippen LogP) is 4.89. The zero-order valence-corrected chi connectivity index (χ0v) is 16.5. The highest BCUT2D eigenvalue weighted by molar-refractivity contribution is 5.95. The number of rotatable bonds is 7. The van der Waals surface area contributed by atoms with E-state index < -0.39 is 0 Å². The van der Waals surface area contributed by atoms with E-state index in [-0.39, 0.29) is 5.43 Å². The van der Waals surface area contributed by atoms with Gasteiger partial charge in [-0.05, 0) is 75.6 Å². The summed E-state index contributed by atoms with van der Waals surface area (Å²) in [6.45, 7) is 12.9. The van der Waals surface area contributed by atoms with Gasteiger partial charge >= 0.3 is 0 Å². The summed E-state index contributed by atoms with van der Waals surface area (Å²) in [5, 5.41) is 1.70. The van der Waals surface area contributed by atoms with Gasteiger partial charge in [0.05, 0.1) is 11.0 Å². The van der Waals surface area contributed by atoms with Crippen LogP contribution in [0.3, 0.4) is 0 Å². The summed E-state index contributed by atoms with van der Waals surface area (Å²) in [6.07, 6.45) is 2.29. The molecule has 138 valence electrons. The molecule has 1 aromatic heterocycles. The van der Waals surface area contributed by atoms with Gasteiger partial charge < -0.3 is 9.47 Å². The van der Waals surface area contributed by atoms with Crippen molar-refractivity contribution in [3.63, 3.8) is 0 Å². The highest BCUT2D eigenvalue weighted by Crippen LogP contribution is 2.23. The zero-order chi connectivity index (χ0) is 18.7. The van der Waals surface area contributed by atoms with Gasteiger partial charge in [0.25, 0.3) is 0 Å². The van der Waals surface area contributed by atoms with E-state index in [1.54, 1.807) is 0 Å². The molecule has 0 spiro atoms. The molecule has 0 aliphatic rings. The lowest BCUT2D eigenvalue weighted by Crippen LogP contribution is -2.24. The van der Waals surface area contributed by atoms with E-state index in [1.807, 2.05) is 18.2 Å². The van der Waals surface area contributed by atoms with Gasteiger partial charge in [0.1, 0.15) is 0 Å². The third kappa shape index (κ3) is 3.54. The van der Waals surface area contributed by atoms with Gasteiger partial charge in [-0.1, -0.05) is 32.0 Å². The third-order valence-electron chi connectivity index (χ3n) is 5.42. The van der Waals surface area contributed by atoms with Crippen LogP contribution in [0.15, 0.2) is 41.2 Å². The fraction of sp³-hybridized carbons (Fsp3) is 0.435. The number of fused-ring (bicyclic) bond motifs is 2. The number of para-hydroxylation sites is 1. The number of nitrogens with zero attached hydrogens (tertiary/aromatic N) is 2. The predicted molar refractivity (Wildman–Crippen MR) is 112 cm³/mol. The van der Waals surface area contributed by atoms with Crippen LogP contribution in [0.5, 0.6) is 0 Å². The maximum Gasteiger partial charge on any atom is 0.197 e. The molecule has 0 bridgehead atoms. The van der Waals surface area contributed by atoms with Crippen molar-refractivity contribution in [1.82, 2.24) is 9.47 Å². The lowest BCUT2D eigenvalue weighted by molar-refractivity contribution is 0.295. The van der Waals surface area contributed by atoms with Gasteiger partial charge in [0, 0.05) is 17.3 Å². The van der Waals surface area contributed by atoms with Gasteiger partial charge in [0.2, 0.25) is 0 Å². The molecule has 0 atom stereocenters. The van der Waals surface area contributed by atoms with Crippen molar-refractivity contribution in [3.8, 4) is 0 Å². The van der Waals surface area contributed by atoms with Crippen LogP contribution in [0.25, 0.3) is 21.8 Å². The molecule has 0 saturated carbocycles. The second-order valence-corrected chi connectivity index (χ2v) is 7.21. The molecule has 0 aliphatic heterocycles. The highest BCUT2D eigenvalue weighted by Gasteiger charge is 2.13. The minimum Gasteiger partial charge on any atom is -0.340 e. The molecule has 0 fully saturated rings. The van der Waals surface area contributed by atoms with Crippen LogP contribution in [0.1, 0.15) is 37.8 Å². The monoisotopic (exact) mass is 350 g/mol. The number of aryl methyl sites for hydroxylation is 3. The van der Waals surface area contributed by atoms with E-state index >= 15 is 0 Å². The van der Waals surface area contributed by atoms with Crippen LogP contribution < -0.4 is 5.43 Å². The number of unbranched alkanes of at least 4 members (excludes halogenated alkanes) is 1. The molecule has 2 aromatic carbocycles. The molecular weight excluding hydrogens is 320 g/mol. The number of pyridine rings is 1. The molecule has 0 saturated heterocycles. The largest absolute Gasteiger partial charge is 0.340 e. The first-order chi connectivity index (χ1) is 12.6. The summed E-state index contributed by atoms with van der Waals surface area (Å²) in [7, 11) is 0. The summed E-state index contributed by atoms with van der Waals surface area (Å²) in [4.78, 5) is 15.5. The van der Waals surface area contributed by atoms with Gasteiger partial charge in [-0.3, -0.25) is 4.79 Å². The first kappa shape index (κ1) is 18.7. The smallest absolute Gasteiger partial charge is 0.197 e. The maximum atomic E-state index is 13.0. The molecule has 1 heterocycles. The molecule has 0 amide bonds. The van der Waals surface area contributed by atoms with Crippen LogP contribution in [-0.2, 0) is 6.54 Å². The average molecular weight is 351 g/mol. The van der Waals surface area contributed by atoms with Crippen molar-refractivity contribution >= 4 is 21.8 Å². The van der Waals surface area contributed by atoms with Gasteiger partial charge in [0.15, 0.2) is 5.43 Å². The van der Waals surface area contributed by atoms with E-state index in [0.717, 1.165) is 60.0 Å². The standard InChI is InChI=1S/C23H30N2O/c1-5-24(6-2)13-9-10-14-25-20-12-8-7-11-19(20)23(26)22-18(4)15-17(3)16-21(22)25/h7-8,11-12,15-16H,5-6,9-10,13-14H2,1-4H3. The van der Waals surface area contributed by atoms with E-state index in [9.17, 15) is 4.79 Å². The van der Waals surface area contributed by atoms with Gasteiger partial charge in [-0.25, -0.2) is 0 Å². The van der Waals surface area contributed by atoms with Crippen molar-refractivity contribution < 1.29 is 0 Å². The topological polar surface area (TPSA) is 25.2 Å². The molecule has 26 heavy (non-hydrogen) atoms. The minimum atomic E-state index is 0.160. The SMILES string of the molecule is CCN(CC)CCCCn1c2ccccc2c(=O)c2c(C)cc(C)cc21. The Hall–Kier alpha value is -2.13. The highest BCUT2D eigenvalue weighted by atomic mass is 16.1. The number of aromatic nitrogens is 1. The molecule has 0 aliphatic carbocycles. The summed E-state index contributed by atoms with van der Waals surface area (Å²) < 4.78 is 2.36. The van der Waals surface area contributed by atoms with Crippen LogP contribution in [0.2, 0.25) is 0 Å². The van der Waals surface area contributed by atoms with Crippen molar-refractivity contribution in [2.75, 3.05) is 19.6 Å². The molecule has 3 aromatic rings. The summed E-state index contributed by atoms with van der Waals surface area (Å²) in [6, 6.07) is 12.3. The second kappa shape index (κ2) is 8.05. The molecule has 3 rings (SSSR count). The van der Waals surface area contributed by atoms with Gasteiger partial charge in [-0.2, -0.15) is 0 Å². The van der Waals surface area contributed by atoms with Crippen molar-refractivity contribution in [2.45, 2.75) is 47.1 Å². The lowest BCUT2D eigenvalue weighted by atomic mass is 10.0. The molecule has 3 heteroatoms. The van der Waals surface area contributed by atoms with E-state index in [4.69, 9.17) is 0 Å². The lowest BCUT2D eigenvalue weighted by Gasteiger charge is -2.19. The first-order valence-corrected chi connectivity index (χ1v) is 9.81. The molecule has 3 nitrogen and oxygen atoms in total. The maximum absolute atomic E-state index is 13.0. The fourth-order valence-electron chi connectivity index (χ4n) is 4.00. The van der Waals surface area contributed by atoms with Gasteiger partial charge in [-0.15, -0.1) is 0 Å². The number of hydrogen-bond donors (Lipinski definition) is 0. The molecular formula is C23H30N2O. The molecule has 0 radical (unpaired) electrons. The summed E-state index contributed by atoms with van der Waals surface area (Å²) in [5.41, 5.74) is 4.58. The number of hydrogen-bond acceptors (Lipinski definition) is 2. The first-order valence-electron chi connectivity index (χ1n) is 9.81. The Morgan fingerprint density at radius 2 is 1.69 bits per heavy atom. The Bertz CT molecular complexity index is 967. The summed E-state index contributed by atoms with van der Waals surface area (Å²) >= 11 is 0. The van der Waals surface area contributed by atoms with Crippen molar-refractivity contribution in [1.29, 1.82) is 0 Å². The minimum absolute atomic E-state index is 0.160. The molecule has 0 N–H and O–H groups in total. The van der Waals surface area contributed by atoms with Crippen LogP contribution in [-0.4, -0.2) is 29.1 Å².